The van der Waals surface area contributed by atoms with Crippen LogP contribution in [0.1, 0.15) is 13.0 Å². The van der Waals surface area contributed by atoms with Gasteiger partial charge in [0.1, 0.15) is 6.04 Å². The summed E-state index contributed by atoms with van der Waals surface area (Å²) in [5.41, 5.74) is 1.12. The van der Waals surface area contributed by atoms with Crippen molar-refractivity contribution in [3.8, 4) is 11.3 Å². The van der Waals surface area contributed by atoms with E-state index in [2.05, 4.69) is 15.4 Å². The number of halogens is 1. The first kappa shape index (κ1) is 16.9. The number of nitrogens with one attached hydrogen (secondary N) is 1. The normalized spacial score (nSPS) is 11.8. The summed E-state index contributed by atoms with van der Waals surface area (Å²) in [5, 5.41) is 7.19. The van der Waals surface area contributed by atoms with Crippen molar-refractivity contribution in [2.24, 2.45) is 0 Å². The molecule has 3 aromatic rings. The molecule has 1 heterocycles. The molecule has 0 spiro atoms. The van der Waals surface area contributed by atoms with E-state index in [9.17, 15) is 9.59 Å². The fraction of sp³-hybridized carbons (Fsp3) is 0.111. The average Bonchev–Trinajstić information content (AvgIpc) is 2.63. The van der Waals surface area contributed by atoms with Gasteiger partial charge in [-0.05, 0) is 19.1 Å². The third-order valence-electron chi connectivity index (χ3n) is 3.66. The lowest BCUT2D eigenvalue weighted by Gasteiger charge is -2.14. The van der Waals surface area contributed by atoms with E-state index >= 15 is 0 Å². The van der Waals surface area contributed by atoms with E-state index in [1.165, 1.54) is 6.20 Å². The van der Waals surface area contributed by atoms with Gasteiger partial charge in [-0.3, -0.25) is 4.79 Å². The Balaban J connectivity index is 1.83. The molecule has 0 aliphatic carbocycles. The van der Waals surface area contributed by atoms with Gasteiger partial charge in [0.15, 0.2) is 0 Å². The number of nitrogens with zero attached hydrogens (tertiary/aromatic N) is 3. The lowest BCUT2D eigenvalue weighted by Crippen LogP contribution is -2.34. The highest BCUT2D eigenvalue weighted by Gasteiger charge is 2.19. The van der Waals surface area contributed by atoms with Crippen molar-refractivity contribution in [1.29, 1.82) is 0 Å². The number of carbonyl (C=O) groups excluding carboxylic acids is 1. The van der Waals surface area contributed by atoms with Crippen LogP contribution in [0.15, 0.2) is 65.6 Å². The second-order valence-electron chi connectivity index (χ2n) is 5.38. The van der Waals surface area contributed by atoms with Crippen LogP contribution < -0.4 is 11.0 Å². The molecule has 6 nitrogen and oxygen atoms in total. The molecular formula is C18H15ClN4O2. The molecule has 0 saturated heterocycles. The Bertz CT molecular complexity index is 957. The molecule has 0 saturated carbocycles. The molecule has 0 bridgehead atoms. The summed E-state index contributed by atoms with van der Waals surface area (Å²) in [6.45, 7) is 1.57. The van der Waals surface area contributed by atoms with E-state index in [0.29, 0.717) is 16.4 Å². The maximum absolute atomic E-state index is 12.4. The minimum Gasteiger partial charge on any atom is -0.323 e. The molecule has 0 aliphatic heterocycles. The first-order valence-electron chi connectivity index (χ1n) is 7.63. The van der Waals surface area contributed by atoms with Gasteiger partial charge in [0.25, 0.3) is 0 Å². The molecule has 0 fully saturated rings. The van der Waals surface area contributed by atoms with Gasteiger partial charge in [0, 0.05) is 5.56 Å². The highest BCUT2D eigenvalue weighted by molar-refractivity contribution is 6.33. The topological polar surface area (TPSA) is 76.9 Å². The number of carbonyl (C=O) groups is 1. The Kier molecular flexibility index (Phi) is 4.90. The van der Waals surface area contributed by atoms with Crippen molar-refractivity contribution in [3.05, 3.63) is 76.3 Å². The van der Waals surface area contributed by atoms with Gasteiger partial charge >= 0.3 is 5.69 Å². The van der Waals surface area contributed by atoms with Crippen LogP contribution in [0.2, 0.25) is 5.02 Å². The summed E-state index contributed by atoms with van der Waals surface area (Å²) >= 11 is 6.03. The molecule has 2 aromatic carbocycles. The van der Waals surface area contributed by atoms with Gasteiger partial charge in [0.05, 0.1) is 22.6 Å². The Hall–Kier alpha value is -2.99. The standard InChI is InChI=1S/C18H15ClN4O2/c1-12(17(24)21-15-10-6-5-9-14(15)19)23-18(25)22-16(11-20-23)13-7-3-2-4-8-13/h2-12H,1H3,(H,21,24)/t12-/m0/s1. The number of para-hydroxylation sites is 1. The molecule has 0 radical (unpaired) electrons. The van der Waals surface area contributed by atoms with Crippen molar-refractivity contribution >= 4 is 23.2 Å². The predicted molar refractivity (Wildman–Crippen MR) is 96.5 cm³/mol. The maximum Gasteiger partial charge on any atom is 0.365 e. The fourth-order valence-electron chi connectivity index (χ4n) is 2.27. The van der Waals surface area contributed by atoms with Crippen LogP contribution in [-0.4, -0.2) is 20.7 Å². The molecule has 126 valence electrons. The monoisotopic (exact) mass is 354 g/mol. The SMILES string of the molecule is C[C@@H](C(=O)Nc1ccccc1Cl)n1ncc(-c2ccccc2)nc1=O. The summed E-state index contributed by atoms with van der Waals surface area (Å²) in [7, 11) is 0. The number of rotatable bonds is 4. The third kappa shape index (κ3) is 3.75. The van der Waals surface area contributed by atoms with Gasteiger partial charge in [-0.1, -0.05) is 54.1 Å². The molecule has 3 rings (SSSR count). The molecule has 1 N–H and O–H groups in total. The Morgan fingerprint density at radius 2 is 1.80 bits per heavy atom. The van der Waals surface area contributed by atoms with Crippen LogP contribution in [0.3, 0.4) is 0 Å². The minimum absolute atomic E-state index is 0.406. The summed E-state index contributed by atoms with van der Waals surface area (Å²) in [5.74, 6) is -0.406. The number of benzene rings is 2. The van der Waals surface area contributed by atoms with E-state index < -0.39 is 17.6 Å². The minimum atomic E-state index is -0.832. The first-order chi connectivity index (χ1) is 12.1. The van der Waals surface area contributed by atoms with Crippen LogP contribution >= 0.6 is 11.6 Å². The van der Waals surface area contributed by atoms with Crippen LogP contribution in [0, 0.1) is 0 Å². The first-order valence-corrected chi connectivity index (χ1v) is 8.01. The Morgan fingerprint density at radius 3 is 2.48 bits per heavy atom. The maximum atomic E-state index is 12.4. The highest BCUT2D eigenvalue weighted by Crippen LogP contribution is 2.21. The smallest absolute Gasteiger partial charge is 0.323 e. The Labute approximate surface area is 149 Å². The molecule has 0 aliphatic rings. The fourth-order valence-corrected chi connectivity index (χ4v) is 2.46. The lowest BCUT2D eigenvalue weighted by atomic mass is 10.2. The molecular weight excluding hydrogens is 340 g/mol. The summed E-state index contributed by atoms with van der Waals surface area (Å²) in [6, 6.07) is 15.3. The number of hydrogen-bond donors (Lipinski definition) is 1. The van der Waals surface area contributed by atoms with Gasteiger partial charge < -0.3 is 5.32 Å². The van der Waals surface area contributed by atoms with Crippen LogP contribution in [0.5, 0.6) is 0 Å². The summed E-state index contributed by atoms with van der Waals surface area (Å²) in [4.78, 5) is 28.6. The van der Waals surface area contributed by atoms with Crippen LogP contribution in [-0.2, 0) is 4.79 Å². The van der Waals surface area contributed by atoms with Crippen LogP contribution in [0.4, 0.5) is 5.69 Å². The molecule has 1 amide bonds. The van der Waals surface area contributed by atoms with E-state index in [1.54, 1.807) is 31.2 Å². The largest absolute Gasteiger partial charge is 0.365 e. The predicted octanol–water partition coefficient (Wildman–Crippen LogP) is 3.16. The number of amides is 1. The van der Waals surface area contributed by atoms with Crippen molar-refractivity contribution in [3.63, 3.8) is 0 Å². The molecule has 7 heteroatoms. The number of hydrogen-bond acceptors (Lipinski definition) is 4. The van der Waals surface area contributed by atoms with Crippen molar-refractivity contribution in [2.45, 2.75) is 13.0 Å². The zero-order valence-corrected chi connectivity index (χ0v) is 14.1. The summed E-state index contributed by atoms with van der Waals surface area (Å²) < 4.78 is 1.04. The second-order valence-corrected chi connectivity index (χ2v) is 5.79. The van der Waals surface area contributed by atoms with Gasteiger partial charge in [-0.15, -0.1) is 0 Å². The molecule has 1 aromatic heterocycles. The van der Waals surface area contributed by atoms with Gasteiger partial charge in [-0.2, -0.15) is 10.1 Å². The average molecular weight is 355 g/mol. The van der Waals surface area contributed by atoms with E-state index in [0.717, 1.165) is 10.2 Å². The summed E-state index contributed by atoms with van der Waals surface area (Å²) in [6.07, 6.45) is 1.47. The van der Waals surface area contributed by atoms with E-state index in [4.69, 9.17) is 11.6 Å². The molecule has 1 atom stereocenters. The number of anilines is 1. The zero-order valence-electron chi connectivity index (χ0n) is 13.4. The van der Waals surface area contributed by atoms with Crippen molar-refractivity contribution in [1.82, 2.24) is 14.8 Å². The Morgan fingerprint density at radius 1 is 1.12 bits per heavy atom. The third-order valence-corrected chi connectivity index (χ3v) is 3.99. The lowest BCUT2D eigenvalue weighted by molar-refractivity contribution is -0.119. The van der Waals surface area contributed by atoms with Gasteiger partial charge in [0.2, 0.25) is 5.91 Å². The van der Waals surface area contributed by atoms with Crippen LogP contribution in [0.25, 0.3) is 11.3 Å². The van der Waals surface area contributed by atoms with E-state index in [1.807, 2.05) is 30.3 Å². The molecule has 0 unspecified atom stereocenters. The highest BCUT2D eigenvalue weighted by atomic mass is 35.5. The zero-order chi connectivity index (χ0) is 17.8. The van der Waals surface area contributed by atoms with Crippen molar-refractivity contribution < 1.29 is 4.79 Å². The second kappa shape index (κ2) is 7.27. The van der Waals surface area contributed by atoms with Crippen molar-refractivity contribution in [2.75, 3.05) is 5.32 Å². The van der Waals surface area contributed by atoms with E-state index in [-0.39, 0.29) is 0 Å². The molecule has 25 heavy (non-hydrogen) atoms. The number of aromatic nitrogens is 3. The quantitative estimate of drug-likeness (QED) is 0.780. The van der Waals surface area contributed by atoms with Gasteiger partial charge in [-0.25, -0.2) is 9.48 Å².